The Morgan fingerprint density at radius 3 is 2.95 bits per heavy atom. The van der Waals surface area contributed by atoms with Crippen LogP contribution in [0.2, 0.25) is 0 Å². The van der Waals surface area contributed by atoms with Gasteiger partial charge < -0.3 is 23.9 Å². The second-order valence-electron chi connectivity index (χ2n) is 4.55. The van der Waals surface area contributed by atoms with Gasteiger partial charge in [0, 0.05) is 11.6 Å². The highest BCUT2D eigenvalue weighted by Gasteiger charge is 2.14. The Hall–Kier alpha value is -2.63. The lowest BCUT2D eigenvalue weighted by atomic mass is 10.3. The van der Waals surface area contributed by atoms with Crippen LogP contribution in [0.5, 0.6) is 17.2 Å². The molecule has 0 spiro atoms. The molecule has 2 heterocycles. The number of nitrogens with one attached hydrogen (secondary N) is 1. The highest BCUT2D eigenvalue weighted by Crippen LogP contribution is 2.34. The summed E-state index contributed by atoms with van der Waals surface area (Å²) in [7, 11) is 0. The lowest BCUT2D eigenvalue weighted by molar-refractivity contribution is 0.0918. The summed E-state index contributed by atoms with van der Waals surface area (Å²) in [6.45, 7) is 2.79. The van der Waals surface area contributed by atoms with Crippen LogP contribution in [0.4, 0.5) is 0 Å². The average molecular weight is 289 g/mol. The Balaban J connectivity index is 1.46. The van der Waals surface area contributed by atoms with Crippen LogP contribution in [-0.4, -0.2) is 25.9 Å². The monoisotopic (exact) mass is 289 g/mol. The van der Waals surface area contributed by atoms with Crippen LogP contribution in [0.25, 0.3) is 0 Å². The number of fused-ring (bicyclic) bond motifs is 1. The summed E-state index contributed by atoms with van der Waals surface area (Å²) in [6.07, 6.45) is 1.49. The van der Waals surface area contributed by atoms with Crippen molar-refractivity contribution >= 4 is 5.91 Å². The summed E-state index contributed by atoms with van der Waals surface area (Å²) in [4.78, 5) is 11.8. The first-order valence-corrected chi connectivity index (χ1v) is 6.59. The van der Waals surface area contributed by atoms with Crippen molar-refractivity contribution in [3.8, 4) is 17.2 Å². The van der Waals surface area contributed by atoms with E-state index in [0.29, 0.717) is 36.2 Å². The van der Waals surface area contributed by atoms with E-state index in [1.807, 2.05) is 6.92 Å². The molecule has 6 heteroatoms. The van der Waals surface area contributed by atoms with Crippen molar-refractivity contribution in [2.24, 2.45) is 0 Å². The number of rotatable bonds is 5. The number of aryl methyl sites for hydroxylation is 1. The zero-order chi connectivity index (χ0) is 14.7. The summed E-state index contributed by atoms with van der Waals surface area (Å²) in [5.41, 5.74) is 0.809. The van der Waals surface area contributed by atoms with Gasteiger partial charge in [-0.2, -0.15) is 0 Å². The van der Waals surface area contributed by atoms with Gasteiger partial charge in [0.05, 0.1) is 12.8 Å². The fourth-order valence-corrected chi connectivity index (χ4v) is 1.99. The summed E-state index contributed by atoms with van der Waals surface area (Å²) < 4.78 is 21.1. The zero-order valence-electron chi connectivity index (χ0n) is 11.5. The van der Waals surface area contributed by atoms with Crippen molar-refractivity contribution < 1.29 is 23.4 Å². The number of carbonyl (C=O) groups is 1. The molecule has 0 saturated carbocycles. The first kappa shape index (κ1) is 13.4. The lowest BCUT2D eigenvalue weighted by Gasteiger charge is -2.08. The second kappa shape index (κ2) is 5.78. The molecule has 110 valence electrons. The van der Waals surface area contributed by atoms with Crippen molar-refractivity contribution in [2.75, 3.05) is 19.9 Å². The Kier molecular flexibility index (Phi) is 3.68. The first-order valence-electron chi connectivity index (χ1n) is 6.59. The van der Waals surface area contributed by atoms with Gasteiger partial charge in [0.2, 0.25) is 6.79 Å². The molecule has 0 unspecified atom stereocenters. The van der Waals surface area contributed by atoms with Crippen LogP contribution in [0.15, 0.2) is 34.9 Å². The molecule has 0 radical (unpaired) electrons. The zero-order valence-corrected chi connectivity index (χ0v) is 11.5. The van der Waals surface area contributed by atoms with Gasteiger partial charge in [-0.25, -0.2) is 0 Å². The molecule has 0 saturated heterocycles. The van der Waals surface area contributed by atoms with E-state index in [1.54, 1.807) is 24.3 Å². The predicted molar refractivity (Wildman–Crippen MR) is 73.8 cm³/mol. The summed E-state index contributed by atoms with van der Waals surface area (Å²) in [6, 6.07) is 7.10. The maximum atomic E-state index is 11.8. The SMILES string of the molecule is Cc1ccoc1C(=O)NCCOc1ccc2c(c1)OCO2. The maximum Gasteiger partial charge on any atom is 0.287 e. The molecule has 21 heavy (non-hydrogen) atoms. The van der Waals surface area contributed by atoms with Gasteiger partial charge >= 0.3 is 0 Å². The molecule has 6 nitrogen and oxygen atoms in total. The predicted octanol–water partition coefficient (Wildman–Crippen LogP) is 2.13. The van der Waals surface area contributed by atoms with E-state index in [0.717, 1.165) is 5.56 Å². The topological polar surface area (TPSA) is 69.9 Å². The molecule has 0 bridgehead atoms. The minimum absolute atomic E-state index is 0.233. The number of hydrogen-bond acceptors (Lipinski definition) is 5. The van der Waals surface area contributed by atoms with Crippen molar-refractivity contribution in [1.29, 1.82) is 0 Å². The number of furan rings is 1. The third kappa shape index (κ3) is 2.94. The Labute approximate surface area is 121 Å². The van der Waals surface area contributed by atoms with E-state index in [-0.39, 0.29) is 12.7 Å². The van der Waals surface area contributed by atoms with E-state index < -0.39 is 0 Å². The fourth-order valence-electron chi connectivity index (χ4n) is 1.99. The van der Waals surface area contributed by atoms with Crippen LogP contribution < -0.4 is 19.5 Å². The molecular formula is C15H15NO5. The van der Waals surface area contributed by atoms with Gasteiger partial charge in [-0.1, -0.05) is 0 Å². The first-order chi connectivity index (χ1) is 10.2. The Bertz CT molecular complexity index is 649. The normalized spacial score (nSPS) is 12.2. The van der Waals surface area contributed by atoms with E-state index in [2.05, 4.69) is 5.32 Å². The summed E-state index contributed by atoms with van der Waals surface area (Å²) in [5, 5.41) is 2.73. The smallest absolute Gasteiger partial charge is 0.287 e. The van der Waals surface area contributed by atoms with Crippen LogP contribution in [0.3, 0.4) is 0 Å². The summed E-state index contributed by atoms with van der Waals surface area (Å²) >= 11 is 0. The van der Waals surface area contributed by atoms with Crippen molar-refractivity contribution in [3.05, 3.63) is 41.9 Å². The maximum absolute atomic E-state index is 11.8. The number of amides is 1. The third-order valence-corrected chi connectivity index (χ3v) is 3.07. The minimum Gasteiger partial charge on any atom is -0.492 e. The second-order valence-corrected chi connectivity index (χ2v) is 4.55. The van der Waals surface area contributed by atoms with E-state index in [1.165, 1.54) is 6.26 Å². The highest BCUT2D eigenvalue weighted by molar-refractivity contribution is 5.92. The lowest BCUT2D eigenvalue weighted by Crippen LogP contribution is -2.28. The van der Waals surface area contributed by atoms with Crippen LogP contribution in [0, 0.1) is 6.92 Å². The van der Waals surface area contributed by atoms with Crippen molar-refractivity contribution in [3.63, 3.8) is 0 Å². The van der Waals surface area contributed by atoms with Gasteiger partial charge in [0.15, 0.2) is 17.3 Å². The summed E-state index contributed by atoms with van der Waals surface area (Å²) in [5.74, 6) is 2.14. The standard InChI is InChI=1S/C15H15NO5/c1-10-4-6-19-14(10)15(17)16-5-7-18-11-2-3-12-13(8-11)21-9-20-12/h2-4,6,8H,5,7,9H2,1H3,(H,16,17). The molecule has 0 fully saturated rings. The highest BCUT2D eigenvalue weighted by atomic mass is 16.7. The largest absolute Gasteiger partial charge is 0.492 e. The Morgan fingerprint density at radius 2 is 2.14 bits per heavy atom. The fraction of sp³-hybridized carbons (Fsp3) is 0.267. The van der Waals surface area contributed by atoms with Gasteiger partial charge in [-0.3, -0.25) is 4.79 Å². The number of hydrogen-bond donors (Lipinski definition) is 1. The molecule has 1 aromatic heterocycles. The molecule has 1 aliphatic rings. The number of carbonyl (C=O) groups excluding carboxylic acids is 1. The molecule has 3 rings (SSSR count). The molecule has 2 aromatic rings. The third-order valence-electron chi connectivity index (χ3n) is 3.07. The minimum atomic E-state index is -0.244. The van der Waals surface area contributed by atoms with E-state index in [4.69, 9.17) is 18.6 Å². The molecule has 0 atom stereocenters. The van der Waals surface area contributed by atoms with E-state index >= 15 is 0 Å². The van der Waals surface area contributed by atoms with Crippen LogP contribution in [0.1, 0.15) is 16.1 Å². The molecule has 0 aliphatic carbocycles. The Morgan fingerprint density at radius 1 is 1.29 bits per heavy atom. The molecule has 1 aliphatic heterocycles. The van der Waals surface area contributed by atoms with E-state index in [9.17, 15) is 4.79 Å². The average Bonchev–Trinajstić information content (AvgIpc) is 3.11. The van der Waals surface area contributed by atoms with Crippen LogP contribution in [-0.2, 0) is 0 Å². The molecular weight excluding hydrogens is 274 g/mol. The van der Waals surface area contributed by atoms with Crippen molar-refractivity contribution in [1.82, 2.24) is 5.32 Å². The van der Waals surface area contributed by atoms with Gasteiger partial charge in [0.25, 0.3) is 5.91 Å². The number of ether oxygens (including phenoxy) is 3. The van der Waals surface area contributed by atoms with Gasteiger partial charge in [0.1, 0.15) is 12.4 Å². The number of benzene rings is 1. The molecule has 1 N–H and O–H groups in total. The van der Waals surface area contributed by atoms with Gasteiger partial charge in [-0.15, -0.1) is 0 Å². The quantitative estimate of drug-likeness (QED) is 0.854. The van der Waals surface area contributed by atoms with Crippen LogP contribution >= 0.6 is 0 Å². The molecule has 1 aromatic carbocycles. The van der Waals surface area contributed by atoms with Gasteiger partial charge in [-0.05, 0) is 25.1 Å². The molecule has 1 amide bonds. The van der Waals surface area contributed by atoms with Crippen molar-refractivity contribution in [2.45, 2.75) is 6.92 Å².